The van der Waals surface area contributed by atoms with Crippen LogP contribution in [0.1, 0.15) is 35.8 Å². The molecule has 8 nitrogen and oxygen atoms in total. The van der Waals surface area contributed by atoms with Gasteiger partial charge in [-0.2, -0.15) is 5.10 Å². The minimum atomic E-state index is -0.403. The molecule has 26 heavy (non-hydrogen) atoms. The zero-order valence-electron chi connectivity index (χ0n) is 14.7. The van der Waals surface area contributed by atoms with Gasteiger partial charge in [0, 0.05) is 18.6 Å². The van der Waals surface area contributed by atoms with Gasteiger partial charge < -0.3 is 9.47 Å². The van der Waals surface area contributed by atoms with E-state index in [0.717, 1.165) is 12.8 Å². The summed E-state index contributed by atoms with van der Waals surface area (Å²) in [7, 11) is 1.52. The van der Waals surface area contributed by atoms with Gasteiger partial charge in [0.05, 0.1) is 25.2 Å². The molecule has 1 aliphatic rings. The minimum Gasteiger partial charge on any atom is -0.501 e. The molecular formula is C18H20N4O4. The standard InChI is InChI=1S/C18H20N4O4/c1-3-26-8-14(17(23)12-4-5-12)18(24)13-6-7-16(21-15(13)9-25-2)22-11-19-10-20-22/h6-8,10-12H,3-5,9H2,1-2H3/b14-8-. The first-order valence-corrected chi connectivity index (χ1v) is 8.40. The normalized spacial score (nSPS) is 14.3. The summed E-state index contributed by atoms with van der Waals surface area (Å²) in [4.78, 5) is 33.9. The number of methoxy groups -OCH3 is 1. The van der Waals surface area contributed by atoms with Crippen LogP contribution < -0.4 is 0 Å². The molecule has 0 spiro atoms. The summed E-state index contributed by atoms with van der Waals surface area (Å²) in [6.45, 7) is 2.30. The summed E-state index contributed by atoms with van der Waals surface area (Å²) >= 11 is 0. The van der Waals surface area contributed by atoms with Gasteiger partial charge in [0.15, 0.2) is 11.6 Å². The summed E-state index contributed by atoms with van der Waals surface area (Å²) in [5.74, 6) is -0.152. The van der Waals surface area contributed by atoms with Crippen molar-refractivity contribution in [2.45, 2.75) is 26.4 Å². The third kappa shape index (κ3) is 3.85. The number of Topliss-reactive ketones (excluding diaryl/α,β-unsaturated/α-hetero) is 2. The van der Waals surface area contributed by atoms with Crippen molar-refractivity contribution in [3.8, 4) is 5.82 Å². The second kappa shape index (κ2) is 8.01. The van der Waals surface area contributed by atoms with Crippen LogP contribution in [0, 0.1) is 5.92 Å². The maximum atomic E-state index is 13.0. The number of allylic oxidation sites excluding steroid dienone is 1. The monoisotopic (exact) mass is 356 g/mol. The van der Waals surface area contributed by atoms with Crippen LogP contribution in [0.25, 0.3) is 5.82 Å². The van der Waals surface area contributed by atoms with E-state index in [1.54, 1.807) is 19.1 Å². The molecule has 0 radical (unpaired) electrons. The smallest absolute Gasteiger partial charge is 0.201 e. The predicted molar refractivity (Wildman–Crippen MR) is 91.6 cm³/mol. The molecule has 0 saturated heterocycles. The van der Waals surface area contributed by atoms with Crippen molar-refractivity contribution in [3.05, 3.63) is 47.9 Å². The molecule has 0 aliphatic heterocycles. The van der Waals surface area contributed by atoms with Crippen LogP contribution >= 0.6 is 0 Å². The molecule has 0 atom stereocenters. The Morgan fingerprint density at radius 3 is 2.77 bits per heavy atom. The number of ether oxygens (including phenoxy) is 2. The van der Waals surface area contributed by atoms with Gasteiger partial charge in [-0.25, -0.2) is 14.6 Å². The van der Waals surface area contributed by atoms with Crippen molar-refractivity contribution >= 4 is 11.6 Å². The highest BCUT2D eigenvalue weighted by molar-refractivity contribution is 6.27. The molecule has 2 heterocycles. The van der Waals surface area contributed by atoms with Crippen LogP contribution in [-0.4, -0.2) is 45.0 Å². The highest BCUT2D eigenvalue weighted by Gasteiger charge is 2.35. The SMILES string of the molecule is CCO/C=C(\C(=O)c1ccc(-n2cncn2)nc1COC)C(=O)C1CC1. The van der Waals surface area contributed by atoms with E-state index in [2.05, 4.69) is 15.1 Å². The van der Waals surface area contributed by atoms with E-state index in [1.807, 2.05) is 0 Å². The van der Waals surface area contributed by atoms with Crippen molar-refractivity contribution in [1.29, 1.82) is 0 Å². The van der Waals surface area contributed by atoms with Crippen molar-refractivity contribution < 1.29 is 19.1 Å². The number of aromatic nitrogens is 4. The Hall–Kier alpha value is -2.87. The average molecular weight is 356 g/mol. The molecule has 1 aliphatic carbocycles. The van der Waals surface area contributed by atoms with Gasteiger partial charge >= 0.3 is 0 Å². The lowest BCUT2D eigenvalue weighted by atomic mass is 9.97. The zero-order chi connectivity index (χ0) is 18.5. The van der Waals surface area contributed by atoms with Gasteiger partial charge in [-0.1, -0.05) is 0 Å². The Morgan fingerprint density at radius 1 is 1.35 bits per heavy atom. The Kier molecular flexibility index (Phi) is 5.52. The summed E-state index contributed by atoms with van der Waals surface area (Å²) < 4.78 is 11.9. The largest absolute Gasteiger partial charge is 0.501 e. The van der Waals surface area contributed by atoms with Crippen molar-refractivity contribution in [2.24, 2.45) is 5.92 Å². The van der Waals surface area contributed by atoms with E-state index in [0.29, 0.717) is 23.7 Å². The molecule has 1 fully saturated rings. The third-order valence-electron chi connectivity index (χ3n) is 3.96. The Morgan fingerprint density at radius 2 is 2.15 bits per heavy atom. The van der Waals surface area contributed by atoms with E-state index < -0.39 is 5.78 Å². The molecule has 2 aromatic heterocycles. The van der Waals surface area contributed by atoms with E-state index in [1.165, 1.54) is 30.7 Å². The maximum Gasteiger partial charge on any atom is 0.201 e. The molecule has 0 N–H and O–H groups in total. The maximum absolute atomic E-state index is 13.0. The molecule has 136 valence electrons. The van der Waals surface area contributed by atoms with Crippen molar-refractivity contribution in [3.63, 3.8) is 0 Å². The van der Waals surface area contributed by atoms with Crippen LogP contribution in [-0.2, 0) is 20.9 Å². The lowest BCUT2D eigenvalue weighted by molar-refractivity contribution is -0.116. The molecule has 0 unspecified atom stereocenters. The van der Waals surface area contributed by atoms with Gasteiger partial charge in [-0.05, 0) is 31.9 Å². The fourth-order valence-electron chi connectivity index (χ4n) is 2.50. The lowest BCUT2D eigenvalue weighted by Gasteiger charge is -2.11. The van der Waals surface area contributed by atoms with E-state index in [4.69, 9.17) is 9.47 Å². The number of hydrogen-bond acceptors (Lipinski definition) is 7. The molecule has 0 amide bonds. The topological polar surface area (TPSA) is 96.2 Å². The van der Waals surface area contributed by atoms with Gasteiger partial charge in [-0.15, -0.1) is 0 Å². The van der Waals surface area contributed by atoms with E-state index in [-0.39, 0.29) is 23.9 Å². The third-order valence-corrected chi connectivity index (χ3v) is 3.96. The first-order valence-electron chi connectivity index (χ1n) is 8.40. The lowest BCUT2D eigenvalue weighted by Crippen LogP contribution is -2.18. The number of pyridine rings is 1. The van der Waals surface area contributed by atoms with Gasteiger partial charge in [0.25, 0.3) is 0 Å². The summed E-state index contributed by atoms with van der Waals surface area (Å²) in [6, 6.07) is 3.28. The Balaban J connectivity index is 1.97. The fraction of sp³-hybridized carbons (Fsp3) is 0.389. The van der Waals surface area contributed by atoms with Crippen LogP contribution in [0.15, 0.2) is 36.6 Å². The van der Waals surface area contributed by atoms with E-state index in [9.17, 15) is 9.59 Å². The fourth-order valence-corrected chi connectivity index (χ4v) is 2.50. The summed E-state index contributed by atoms with van der Waals surface area (Å²) in [5.41, 5.74) is 0.800. The number of rotatable bonds is 9. The molecule has 0 aromatic carbocycles. The minimum absolute atomic E-state index is 0.0574. The van der Waals surface area contributed by atoms with Crippen molar-refractivity contribution in [1.82, 2.24) is 19.7 Å². The molecule has 1 saturated carbocycles. The zero-order valence-corrected chi connectivity index (χ0v) is 14.7. The second-order valence-electron chi connectivity index (χ2n) is 5.89. The van der Waals surface area contributed by atoms with Crippen molar-refractivity contribution in [2.75, 3.05) is 13.7 Å². The molecule has 2 aromatic rings. The van der Waals surface area contributed by atoms with E-state index >= 15 is 0 Å². The van der Waals surface area contributed by atoms with Crippen LogP contribution in [0.4, 0.5) is 0 Å². The quantitative estimate of drug-likeness (QED) is 0.222. The predicted octanol–water partition coefficient (Wildman–Crippen LogP) is 1.89. The van der Waals surface area contributed by atoms with Crippen LogP contribution in [0.2, 0.25) is 0 Å². The highest BCUT2D eigenvalue weighted by Crippen LogP contribution is 2.33. The van der Waals surface area contributed by atoms with Gasteiger partial charge in [0.2, 0.25) is 5.78 Å². The van der Waals surface area contributed by atoms with Crippen LogP contribution in [0.5, 0.6) is 0 Å². The van der Waals surface area contributed by atoms with Gasteiger partial charge in [0.1, 0.15) is 18.2 Å². The number of ketones is 2. The summed E-state index contributed by atoms with van der Waals surface area (Å²) in [5, 5.41) is 4.03. The number of carbonyl (C=O) groups is 2. The Bertz CT molecular complexity index is 826. The number of nitrogens with zero attached hydrogens (tertiary/aromatic N) is 4. The molecular weight excluding hydrogens is 336 g/mol. The molecule has 3 rings (SSSR count). The molecule has 0 bridgehead atoms. The number of hydrogen-bond donors (Lipinski definition) is 0. The first kappa shape index (κ1) is 17.9. The average Bonchev–Trinajstić information content (AvgIpc) is 3.36. The Labute approximate surface area is 150 Å². The highest BCUT2D eigenvalue weighted by atomic mass is 16.5. The number of carbonyl (C=O) groups excluding carboxylic acids is 2. The first-order chi connectivity index (χ1) is 12.7. The van der Waals surface area contributed by atoms with Crippen LogP contribution in [0.3, 0.4) is 0 Å². The second-order valence-corrected chi connectivity index (χ2v) is 5.89. The molecule has 8 heteroatoms. The van der Waals surface area contributed by atoms with Gasteiger partial charge in [-0.3, -0.25) is 9.59 Å². The summed E-state index contributed by atoms with van der Waals surface area (Å²) in [6.07, 6.45) is 5.80.